The molecule has 0 bridgehead atoms. The van der Waals surface area contributed by atoms with Crippen molar-refractivity contribution in [2.24, 2.45) is 0 Å². The Morgan fingerprint density at radius 3 is 1.42 bits per heavy atom. The highest BCUT2D eigenvalue weighted by Crippen LogP contribution is 2.47. The molecule has 0 radical (unpaired) electrons. The number of aliphatic hydroxyl groups is 5. The van der Waals surface area contributed by atoms with Crippen LogP contribution in [0.1, 0.15) is 149 Å². The number of carbonyl (C=O) groups is 2. The molecule has 1 saturated carbocycles. The Hall–Kier alpha value is -1.15. The lowest BCUT2D eigenvalue weighted by molar-refractivity contribution is -0.220. The molecule has 0 aliphatic heterocycles. The quantitative estimate of drug-likeness (QED) is 0.0343. The Morgan fingerprint density at radius 1 is 0.562 bits per heavy atom. The van der Waals surface area contributed by atoms with Crippen LogP contribution in [0.5, 0.6) is 0 Å². The fourth-order valence-electron chi connectivity index (χ4n) is 5.68. The van der Waals surface area contributed by atoms with Crippen LogP contribution < -0.4 is 0 Å². The second-order valence-electron chi connectivity index (χ2n) is 13.1. The number of phosphoric ester groups is 1. The average molecular weight is 713 g/mol. The van der Waals surface area contributed by atoms with Crippen molar-refractivity contribution in [1.29, 1.82) is 0 Å². The maximum Gasteiger partial charge on any atom is 0.472 e. The monoisotopic (exact) mass is 712 g/mol. The molecule has 6 unspecified atom stereocenters. The Labute approximate surface area is 287 Å². The van der Waals surface area contributed by atoms with Gasteiger partial charge in [-0.25, -0.2) is 4.57 Å². The van der Waals surface area contributed by atoms with E-state index in [1.54, 1.807) is 6.92 Å². The zero-order valence-corrected chi connectivity index (χ0v) is 30.2. The van der Waals surface area contributed by atoms with Crippen LogP contribution in [-0.4, -0.2) is 98.3 Å². The predicted octanol–water partition coefficient (Wildman–Crippen LogP) is 4.99. The third-order valence-corrected chi connectivity index (χ3v) is 9.65. The van der Waals surface area contributed by atoms with Crippen molar-refractivity contribution in [3.63, 3.8) is 0 Å². The lowest BCUT2D eigenvalue weighted by Gasteiger charge is -2.41. The summed E-state index contributed by atoms with van der Waals surface area (Å²) in [4.78, 5) is 34.5. The molecule has 0 saturated heterocycles. The Balaban J connectivity index is 2.30. The van der Waals surface area contributed by atoms with E-state index in [1.165, 1.54) is 89.9 Å². The molecule has 0 spiro atoms. The summed E-state index contributed by atoms with van der Waals surface area (Å²) >= 11 is 0. The molecule has 14 heteroatoms. The van der Waals surface area contributed by atoms with Crippen molar-refractivity contribution in [1.82, 2.24) is 0 Å². The van der Waals surface area contributed by atoms with Crippen molar-refractivity contribution in [3.8, 4) is 0 Å². The molecule has 0 aromatic heterocycles. The van der Waals surface area contributed by atoms with Gasteiger partial charge in [0.05, 0.1) is 6.61 Å². The summed E-state index contributed by atoms with van der Waals surface area (Å²) in [6, 6.07) is 0. The number of unbranched alkanes of at least 4 members (excludes halogenated alkanes) is 17. The van der Waals surface area contributed by atoms with Crippen molar-refractivity contribution in [2.75, 3.05) is 13.2 Å². The molecule has 13 nitrogen and oxygen atoms in total. The van der Waals surface area contributed by atoms with Crippen molar-refractivity contribution in [2.45, 2.75) is 191 Å². The molecular weight excluding hydrogens is 647 g/mol. The molecule has 1 aliphatic rings. The first-order valence-corrected chi connectivity index (χ1v) is 19.8. The van der Waals surface area contributed by atoms with Crippen LogP contribution >= 0.6 is 7.82 Å². The van der Waals surface area contributed by atoms with Crippen molar-refractivity contribution >= 4 is 19.8 Å². The van der Waals surface area contributed by atoms with E-state index in [9.17, 15) is 44.6 Å². The fourth-order valence-corrected chi connectivity index (χ4v) is 6.65. The average Bonchev–Trinajstić information content (AvgIpc) is 3.05. The summed E-state index contributed by atoms with van der Waals surface area (Å²) in [5, 5.41) is 49.5. The number of ether oxygens (including phenoxy) is 2. The van der Waals surface area contributed by atoms with Gasteiger partial charge in [-0.15, -0.1) is 0 Å². The van der Waals surface area contributed by atoms with E-state index in [4.69, 9.17) is 18.5 Å². The van der Waals surface area contributed by atoms with Gasteiger partial charge in [0.2, 0.25) is 0 Å². The summed E-state index contributed by atoms with van der Waals surface area (Å²) in [5.41, 5.74) is 0. The third kappa shape index (κ3) is 19.9. The molecule has 1 aliphatic carbocycles. The first-order valence-electron chi connectivity index (χ1n) is 18.3. The van der Waals surface area contributed by atoms with Gasteiger partial charge in [-0.3, -0.25) is 18.6 Å². The number of rotatable bonds is 29. The summed E-state index contributed by atoms with van der Waals surface area (Å²) in [6.45, 7) is 2.85. The second-order valence-corrected chi connectivity index (χ2v) is 14.5. The van der Waals surface area contributed by atoms with Gasteiger partial charge in [0.25, 0.3) is 0 Å². The number of phosphoric acid groups is 1. The van der Waals surface area contributed by atoms with Crippen LogP contribution in [0.15, 0.2) is 0 Å². The molecular formula is C34H65O13P. The van der Waals surface area contributed by atoms with Crippen LogP contribution in [0, 0.1) is 0 Å². The zero-order valence-electron chi connectivity index (χ0n) is 29.3. The van der Waals surface area contributed by atoms with E-state index in [2.05, 4.69) is 6.92 Å². The minimum absolute atomic E-state index is 0.101. The molecule has 6 atom stereocenters. The SMILES string of the molecule is CCCCCCCCCCCCCCCCCCCCC(=O)OC(COC(=O)CCC)COP(=O)(O)OC1C(O)C(O)C(O)C(O)C1O. The van der Waals surface area contributed by atoms with Gasteiger partial charge in [0.1, 0.15) is 43.2 Å². The number of carbonyl (C=O) groups excluding carboxylic acids is 2. The number of hydrogen-bond acceptors (Lipinski definition) is 12. The highest BCUT2D eigenvalue weighted by Gasteiger charge is 2.51. The normalized spacial score (nSPS) is 24.6. The number of aliphatic hydroxyl groups excluding tert-OH is 5. The van der Waals surface area contributed by atoms with Gasteiger partial charge in [-0.05, 0) is 12.8 Å². The maximum atomic E-state index is 12.6. The molecule has 1 rings (SSSR count). The molecule has 6 N–H and O–H groups in total. The summed E-state index contributed by atoms with van der Waals surface area (Å²) in [5.74, 6) is -1.15. The van der Waals surface area contributed by atoms with E-state index in [0.717, 1.165) is 19.3 Å². The Kier molecular flexibility index (Phi) is 24.9. The summed E-state index contributed by atoms with van der Waals surface area (Å²) in [7, 11) is -5.08. The Morgan fingerprint density at radius 2 is 0.979 bits per heavy atom. The first kappa shape index (κ1) is 44.9. The smallest absolute Gasteiger partial charge is 0.462 e. The van der Waals surface area contributed by atoms with E-state index in [1.807, 2.05) is 0 Å². The van der Waals surface area contributed by atoms with Gasteiger partial charge < -0.3 is 39.9 Å². The molecule has 1 fully saturated rings. The molecule has 0 heterocycles. The predicted molar refractivity (Wildman–Crippen MR) is 180 cm³/mol. The third-order valence-electron chi connectivity index (χ3n) is 8.67. The molecule has 0 amide bonds. The second kappa shape index (κ2) is 26.6. The first-order chi connectivity index (χ1) is 22.9. The molecule has 0 aromatic carbocycles. The van der Waals surface area contributed by atoms with E-state index >= 15 is 0 Å². The number of esters is 2. The van der Waals surface area contributed by atoms with Crippen LogP contribution in [0.25, 0.3) is 0 Å². The fraction of sp³-hybridized carbons (Fsp3) is 0.941. The summed E-state index contributed by atoms with van der Waals surface area (Å²) in [6.07, 6.45) is 9.63. The van der Waals surface area contributed by atoms with Crippen LogP contribution in [0.3, 0.4) is 0 Å². The van der Waals surface area contributed by atoms with Crippen LogP contribution in [0.2, 0.25) is 0 Å². The Bertz CT molecular complexity index is 875. The minimum Gasteiger partial charge on any atom is -0.462 e. The maximum absolute atomic E-state index is 12.6. The standard InChI is InChI=1S/C34H65O13P/c1-3-5-6-7-8-9-10-11-12-13-14-15-16-17-18-19-20-21-23-28(36)46-26(24-44-27(35)22-4-2)25-45-48(42,43)47-34-32(40)30(38)29(37)31(39)33(34)41/h26,29-34,37-41H,3-25H2,1-2H3,(H,42,43). The van der Waals surface area contributed by atoms with Crippen LogP contribution in [-0.2, 0) is 32.7 Å². The van der Waals surface area contributed by atoms with Crippen LogP contribution in [0.4, 0.5) is 0 Å². The van der Waals surface area contributed by atoms with Crippen molar-refractivity contribution in [3.05, 3.63) is 0 Å². The molecule has 48 heavy (non-hydrogen) atoms. The lowest BCUT2D eigenvalue weighted by Crippen LogP contribution is -2.64. The van der Waals surface area contributed by atoms with Gasteiger partial charge in [0.15, 0.2) is 6.10 Å². The topological polar surface area (TPSA) is 210 Å². The summed E-state index contributed by atoms with van der Waals surface area (Å²) < 4.78 is 32.7. The van der Waals surface area contributed by atoms with Gasteiger partial charge >= 0.3 is 19.8 Å². The van der Waals surface area contributed by atoms with E-state index in [-0.39, 0.29) is 12.8 Å². The molecule has 284 valence electrons. The van der Waals surface area contributed by atoms with Crippen molar-refractivity contribution < 1.29 is 63.1 Å². The minimum atomic E-state index is -5.08. The van der Waals surface area contributed by atoms with E-state index < -0.39 is 75.7 Å². The highest BCUT2D eigenvalue weighted by molar-refractivity contribution is 7.47. The largest absolute Gasteiger partial charge is 0.472 e. The van der Waals surface area contributed by atoms with Gasteiger partial charge in [0, 0.05) is 12.8 Å². The molecule has 0 aromatic rings. The van der Waals surface area contributed by atoms with Gasteiger partial charge in [-0.1, -0.05) is 123 Å². The van der Waals surface area contributed by atoms with Gasteiger partial charge in [-0.2, -0.15) is 0 Å². The zero-order chi connectivity index (χ0) is 35.8. The number of hydrogen-bond donors (Lipinski definition) is 6. The lowest BCUT2D eigenvalue weighted by atomic mass is 9.85. The van der Waals surface area contributed by atoms with E-state index in [0.29, 0.717) is 12.8 Å². The highest BCUT2D eigenvalue weighted by atomic mass is 31.2.